The average molecular weight is 236 g/mol. The predicted molar refractivity (Wildman–Crippen MR) is 55.9 cm³/mol. The number of rotatable bonds is 4. The van der Waals surface area contributed by atoms with Crippen LogP contribution in [0.5, 0.6) is 0 Å². The first-order valence-electron chi connectivity index (χ1n) is 5.40. The van der Waals surface area contributed by atoms with E-state index in [0.29, 0.717) is 12.8 Å². The average Bonchev–Trinajstić information content (AvgIpc) is 2.65. The van der Waals surface area contributed by atoms with Crippen LogP contribution in [0.25, 0.3) is 0 Å². The molecule has 0 aromatic heterocycles. The molecule has 2 rings (SSSR count). The second-order valence-electron chi connectivity index (χ2n) is 4.53. The number of sulfonamides is 1. The molecule has 2 aliphatic rings. The van der Waals surface area contributed by atoms with Crippen LogP contribution in [-0.4, -0.2) is 39.0 Å². The SMILES string of the molecule is O=S(=O)(NCC1(F)CNC1)C1CCCC1. The van der Waals surface area contributed by atoms with Gasteiger partial charge in [-0.15, -0.1) is 0 Å². The minimum absolute atomic E-state index is 0.0845. The Bertz CT molecular complexity index is 321. The molecule has 88 valence electrons. The minimum Gasteiger partial charge on any atom is -0.310 e. The van der Waals surface area contributed by atoms with E-state index in [9.17, 15) is 12.8 Å². The van der Waals surface area contributed by atoms with Gasteiger partial charge in [-0.25, -0.2) is 17.5 Å². The van der Waals surface area contributed by atoms with E-state index in [1.807, 2.05) is 0 Å². The summed E-state index contributed by atoms with van der Waals surface area (Å²) in [6, 6.07) is 0. The van der Waals surface area contributed by atoms with Gasteiger partial charge in [-0.1, -0.05) is 12.8 Å². The lowest BCUT2D eigenvalue weighted by atomic mass is 10.0. The molecule has 6 heteroatoms. The third kappa shape index (κ3) is 2.49. The van der Waals surface area contributed by atoms with E-state index in [1.54, 1.807) is 0 Å². The van der Waals surface area contributed by atoms with E-state index in [4.69, 9.17) is 0 Å². The van der Waals surface area contributed by atoms with Gasteiger partial charge in [0.05, 0.1) is 5.25 Å². The van der Waals surface area contributed by atoms with Crippen molar-refractivity contribution in [3.8, 4) is 0 Å². The van der Waals surface area contributed by atoms with Crippen LogP contribution in [0.2, 0.25) is 0 Å². The molecule has 0 unspecified atom stereocenters. The van der Waals surface area contributed by atoms with Crippen molar-refractivity contribution in [2.45, 2.75) is 36.6 Å². The van der Waals surface area contributed by atoms with Crippen molar-refractivity contribution in [3.63, 3.8) is 0 Å². The van der Waals surface area contributed by atoms with Gasteiger partial charge in [-0.05, 0) is 12.8 Å². The lowest BCUT2D eigenvalue weighted by Gasteiger charge is -2.35. The van der Waals surface area contributed by atoms with Crippen molar-refractivity contribution in [1.29, 1.82) is 0 Å². The second-order valence-corrected chi connectivity index (χ2v) is 6.57. The second kappa shape index (κ2) is 3.99. The molecule has 2 fully saturated rings. The third-order valence-electron chi connectivity index (χ3n) is 3.21. The van der Waals surface area contributed by atoms with Crippen molar-refractivity contribution < 1.29 is 12.8 Å². The smallest absolute Gasteiger partial charge is 0.214 e. The van der Waals surface area contributed by atoms with Gasteiger partial charge < -0.3 is 5.32 Å². The van der Waals surface area contributed by atoms with E-state index in [2.05, 4.69) is 10.0 Å². The zero-order chi connectivity index (χ0) is 10.9. The molecule has 0 radical (unpaired) electrons. The molecule has 0 amide bonds. The molecular formula is C9H17FN2O2S. The molecule has 1 saturated carbocycles. The zero-order valence-corrected chi connectivity index (χ0v) is 9.45. The summed E-state index contributed by atoms with van der Waals surface area (Å²) in [5, 5.41) is 2.50. The molecule has 2 N–H and O–H groups in total. The molecule has 4 nitrogen and oxygen atoms in total. The number of nitrogens with one attached hydrogen (secondary N) is 2. The lowest BCUT2D eigenvalue weighted by Crippen LogP contribution is -2.62. The van der Waals surface area contributed by atoms with E-state index >= 15 is 0 Å². The highest BCUT2D eigenvalue weighted by Crippen LogP contribution is 2.24. The first-order valence-corrected chi connectivity index (χ1v) is 6.95. The lowest BCUT2D eigenvalue weighted by molar-refractivity contribution is 0.0961. The monoisotopic (exact) mass is 236 g/mol. The normalized spacial score (nSPS) is 26.5. The van der Waals surface area contributed by atoms with Gasteiger partial charge >= 0.3 is 0 Å². The van der Waals surface area contributed by atoms with Crippen LogP contribution in [0.15, 0.2) is 0 Å². The van der Waals surface area contributed by atoms with Crippen molar-refractivity contribution >= 4 is 10.0 Å². The van der Waals surface area contributed by atoms with Crippen molar-refractivity contribution in [1.82, 2.24) is 10.0 Å². The highest BCUT2D eigenvalue weighted by atomic mass is 32.2. The molecule has 15 heavy (non-hydrogen) atoms. The Balaban J connectivity index is 1.87. The Hall–Kier alpha value is -0.200. The summed E-state index contributed by atoms with van der Waals surface area (Å²) >= 11 is 0. The minimum atomic E-state index is -3.29. The van der Waals surface area contributed by atoms with E-state index in [0.717, 1.165) is 12.8 Å². The molecule has 0 aromatic rings. The van der Waals surface area contributed by atoms with Gasteiger partial charge in [0.1, 0.15) is 5.67 Å². The fraction of sp³-hybridized carbons (Fsp3) is 1.00. The highest BCUT2D eigenvalue weighted by molar-refractivity contribution is 7.90. The van der Waals surface area contributed by atoms with Gasteiger partial charge in [0.15, 0.2) is 0 Å². The fourth-order valence-corrected chi connectivity index (χ4v) is 3.72. The van der Waals surface area contributed by atoms with Crippen LogP contribution in [-0.2, 0) is 10.0 Å². The van der Waals surface area contributed by atoms with Crippen LogP contribution >= 0.6 is 0 Å². The van der Waals surface area contributed by atoms with Crippen LogP contribution in [0.1, 0.15) is 25.7 Å². The van der Waals surface area contributed by atoms with Crippen molar-refractivity contribution in [3.05, 3.63) is 0 Å². The van der Waals surface area contributed by atoms with Crippen LogP contribution in [0, 0.1) is 0 Å². The molecule has 0 aromatic carbocycles. The third-order valence-corrected chi connectivity index (χ3v) is 5.11. The van der Waals surface area contributed by atoms with Gasteiger partial charge in [-0.3, -0.25) is 0 Å². The van der Waals surface area contributed by atoms with Gasteiger partial charge in [-0.2, -0.15) is 0 Å². The maximum atomic E-state index is 13.5. The maximum absolute atomic E-state index is 13.5. The number of alkyl halides is 1. The molecule has 0 bridgehead atoms. The fourth-order valence-electron chi connectivity index (χ4n) is 2.07. The van der Waals surface area contributed by atoms with Crippen LogP contribution in [0.3, 0.4) is 0 Å². The van der Waals surface area contributed by atoms with Crippen LogP contribution < -0.4 is 10.0 Å². The summed E-state index contributed by atoms with van der Waals surface area (Å²) in [4.78, 5) is 0. The largest absolute Gasteiger partial charge is 0.310 e. The first kappa shape index (κ1) is 11.3. The van der Waals surface area contributed by atoms with E-state index in [-0.39, 0.29) is 24.9 Å². The molecule has 1 heterocycles. The van der Waals surface area contributed by atoms with Crippen molar-refractivity contribution in [2.75, 3.05) is 19.6 Å². The predicted octanol–water partition coefficient (Wildman–Crippen LogP) is 0.160. The maximum Gasteiger partial charge on any atom is 0.214 e. The summed E-state index contributed by atoms with van der Waals surface area (Å²) in [6.07, 6.45) is 3.36. The Morgan fingerprint density at radius 1 is 1.33 bits per heavy atom. The topological polar surface area (TPSA) is 58.2 Å². The molecular weight excluding hydrogens is 219 g/mol. The number of hydrogen-bond acceptors (Lipinski definition) is 3. The summed E-state index contributed by atoms with van der Waals surface area (Å²) in [6.45, 7) is 0.416. The summed E-state index contributed by atoms with van der Waals surface area (Å²) in [5.74, 6) is 0. The Labute approximate surface area is 89.7 Å². The quantitative estimate of drug-likeness (QED) is 0.731. The number of hydrogen-bond donors (Lipinski definition) is 2. The van der Waals surface area contributed by atoms with Gasteiger partial charge in [0.2, 0.25) is 10.0 Å². The molecule has 1 saturated heterocycles. The van der Waals surface area contributed by atoms with E-state index in [1.165, 1.54) is 0 Å². The number of halogens is 1. The Kier molecular flexibility index (Phi) is 3.00. The van der Waals surface area contributed by atoms with Crippen molar-refractivity contribution in [2.24, 2.45) is 0 Å². The molecule has 0 spiro atoms. The molecule has 1 aliphatic heterocycles. The summed E-state index contributed by atoms with van der Waals surface area (Å²) in [5.41, 5.74) is -1.37. The van der Waals surface area contributed by atoms with Gasteiger partial charge in [0, 0.05) is 19.6 Å². The van der Waals surface area contributed by atoms with Crippen LogP contribution in [0.4, 0.5) is 4.39 Å². The van der Waals surface area contributed by atoms with Gasteiger partial charge in [0.25, 0.3) is 0 Å². The Morgan fingerprint density at radius 3 is 2.40 bits per heavy atom. The summed E-state index contributed by atoms with van der Waals surface area (Å²) in [7, 11) is -3.29. The zero-order valence-electron chi connectivity index (χ0n) is 8.63. The summed E-state index contributed by atoms with van der Waals surface area (Å²) < 4.78 is 39.4. The molecule has 1 aliphatic carbocycles. The van der Waals surface area contributed by atoms with E-state index < -0.39 is 15.7 Å². The molecule has 0 atom stereocenters. The highest BCUT2D eigenvalue weighted by Gasteiger charge is 2.39. The standard InChI is InChI=1S/C9H17FN2O2S/c10-9(5-11-6-9)7-12-15(13,14)8-3-1-2-4-8/h8,11-12H,1-7H2. The Morgan fingerprint density at radius 2 is 1.93 bits per heavy atom. The first-order chi connectivity index (χ1) is 7.02.